The smallest absolute Gasteiger partial charge is 0.196 e. The zero-order valence-electron chi connectivity index (χ0n) is 6.80. The summed E-state index contributed by atoms with van der Waals surface area (Å²) in [5.74, 6) is 0. The molecule has 3 heteroatoms. The molecule has 0 aliphatic carbocycles. The van der Waals surface area contributed by atoms with Crippen LogP contribution in [0, 0.1) is 0 Å². The van der Waals surface area contributed by atoms with Gasteiger partial charge in [0, 0.05) is 13.0 Å². The van der Waals surface area contributed by atoms with Crippen LogP contribution in [0.1, 0.15) is 38.5 Å². The van der Waals surface area contributed by atoms with Gasteiger partial charge in [-0.1, -0.05) is 19.3 Å². The molecule has 0 aliphatic rings. The number of alkyl halides is 1. The molecule has 1 unspecified atom stereocenters. The zero-order valence-corrected chi connectivity index (χ0v) is 6.80. The summed E-state index contributed by atoms with van der Waals surface area (Å²) in [4.78, 5) is 0. The van der Waals surface area contributed by atoms with Crippen LogP contribution in [0.3, 0.4) is 0 Å². The summed E-state index contributed by atoms with van der Waals surface area (Å²) in [6.45, 7) is 0.242. The Hall–Kier alpha value is -0.150. The molecular formula is C8H17FO2. The lowest BCUT2D eigenvalue weighted by molar-refractivity contribution is 0.0322. The summed E-state index contributed by atoms with van der Waals surface area (Å²) in [5.41, 5.74) is 0. The van der Waals surface area contributed by atoms with Crippen LogP contribution in [-0.2, 0) is 0 Å². The number of hydrogen-bond acceptors (Lipinski definition) is 2. The Morgan fingerprint density at radius 1 is 1.00 bits per heavy atom. The SMILES string of the molecule is OCCCCCCCC(O)F. The highest BCUT2D eigenvalue weighted by molar-refractivity contribution is 4.45. The van der Waals surface area contributed by atoms with E-state index < -0.39 is 6.36 Å². The first-order valence-corrected chi connectivity index (χ1v) is 4.20. The van der Waals surface area contributed by atoms with Crippen molar-refractivity contribution in [3.63, 3.8) is 0 Å². The van der Waals surface area contributed by atoms with Crippen molar-refractivity contribution in [3.05, 3.63) is 0 Å². The number of rotatable bonds is 7. The second-order valence-electron chi connectivity index (χ2n) is 2.71. The van der Waals surface area contributed by atoms with Gasteiger partial charge in [0.05, 0.1) is 0 Å². The maximum absolute atomic E-state index is 11.8. The number of aliphatic hydroxyl groups is 2. The van der Waals surface area contributed by atoms with E-state index in [4.69, 9.17) is 10.2 Å². The van der Waals surface area contributed by atoms with Crippen molar-refractivity contribution in [1.82, 2.24) is 0 Å². The number of unbranched alkanes of at least 4 members (excludes halogenated alkanes) is 4. The first-order chi connectivity index (χ1) is 5.27. The molecule has 0 amide bonds. The Morgan fingerprint density at radius 3 is 2.09 bits per heavy atom. The van der Waals surface area contributed by atoms with E-state index in [2.05, 4.69) is 0 Å². The van der Waals surface area contributed by atoms with Gasteiger partial charge in [0.1, 0.15) is 0 Å². The quantitative estimate of drug-likeness (QED) is 0.561. The summed E-state index contributed by atoms with van der Waals surface area (Å²) in [6.07, 6.45) is 3.14. The van der Waals surface area contributed by atoms with Gasteiger partial charge in [-0.2, -0.15) is 0 Å². The lowest BCUT2D eigenvalue weighted by atomic mass is 10.1. The van der Waals surface area contributed by atoms with E-state index in [-0.39, 0.29) is 13.0 Å². The van der Waals surface area contributed by atoms with Gasteiger partial charge in [-0.25, -0.2) is 4.39 Å². The highest BCUT2D eigenvalue weighted by Gasteiger charge is 1.97. The lowest BCUT2D eigenvalue weighted by Crippen LogP contribution is -1.96. The molecular weight excluding hydrogens is 147 g/mol. The maximum Gasteiger partial charge on any atom is 0.196 e. The molecule has 0 aliphatic heterocycles. The molecule has 2 nitrogen and oxygen atoms in total. The number of aliphatic hydroxyl groups excluding tert-OH is 2. The van der Waals surface area contributed by atoms with Gasteiger partial charge in [-0.3, -0.25) is 0 Å². The van der Waals surface area contributed by atoms with Crippen LogP contribution >= 0.6 is 0 Å². The average molecular weight is 164 g/mol. The highest BCUT2D eigenvalue weighted by atomic mass is 19.1. The van der Waals surface area contributed by atoms with Crippen molar-refractivity contribution < 1.29 is 14.6 Å². The van der Waals surface area contributed by atoms with Crippen LogP contribution in [0.15, 0.2) is 0 Å². The van der Waals surface area contributed by atoms with Crippen molar-refractivity contribution in [3.8, 4) is 0 Å². The molecule has 0 saturated carbocycles. The average Bonchev–Trinajstić information content (AvgIpc) is 1.96. The van der Waals surface area contributed by atoms with Crippen molar-refractivity contribution in [1.29, 1.82) is 0 Å². The van der Waals surface area contributed by atoms with E-state index in [1.165, 1.54) is 0 Å². The summed E-state index contributed by atoms with van der Waals surface area (Å²) >= 11 is 0. The Balaban J connectivity index is 2.80. The topological polar surface area (TPSA) is 40.5 Å². The number of halogens is 1. The Kier molecular flexibility index (Phi) is 7.84. The molecule has 2 N–H and O–H groups in total. The summed E-state index contributed by atoms with van der Waals surface area (Å²) in [5, 5.41) is 16.7. The van der Waals surface area contributed by atoms with E-state index in [1.807, 2.05) is 0 Å². The van der Waals surface area contributed by atoms with Crippen molar-refractivity contribution in [2.75, 3.05) is 6.61 Å². The fourth-order valence-electron chi connectivity index (χ4n) is 0.955. The first kappa shape index (κ1) is 10.8. The van der Waals surface area contributed by atoms with Crippen LogP contribution in [0.2, 0.25) is 0 Å². The van der Waals surface area contributed by atoms with Gasteiger partial charge in [-0.05, 0) is 12.8 Å². The Labute approximate surface area is 67.0 Å². The third-order valence-corrected chi connectivity index (χ3v) is 1.60. The minimum absolute atomic E-state index is 0.242. The molecule has 0 spiro atoms. The molecule has 0 aromatic heterocycles. The monoisotopic (exact) mass is 164 g/mol. The molecule has 0 bridgehead atoms. The minimum Gasteiger partial charge on any atom is -0.396 e. The zero-order chi connectivity index (χ0) is 8.53. The van der Waals surface area contributed by atoms with Crippen LogP contribution in [0.25, 0.3) is 0 Å². The van der Waals surface area contributed by atoms with E-state index in [1.54, 1.807) is 0 Å². The van der Waals surface area contributed by atoms with Crippen molar-refractivity contribution >= 4 is 0 Å². The second kappa shape index (κ2) is 7.95. The van der Waals surface area contributed by atoms with Crippen LogP contribution in [0.4, 0.5) is 4.39 Å². The minimum atomic E-state index is -1.65. The van der Waals surface area contributed by atoms with Crippen LogP contribution in [-0.4, -0.2) is 23.2 Å². The van der Waals surface area contributed by atoms with E-state index >= 15 is 0 Å². The normalized spacial score (nSPS) is 13.4. The van der Waals surface area contributed by atoms with Gasteiger partial charge in [0.2, 0.25) is 0 Å². The van der Waals surface area contributed by atoms with Gasteiger partial charge in [0.25, 0.3) is 0 Å². The third kappa shape index (κ3) is 9.85. The molecule has 0 radical (unpaired) electrons. The van der Waals surface area contributed by atoms with E-state index in [0.29, 0.717) is 0 Å². The predicted octanol–water partition coefficient (Wildman–Crippen LogP) is 1.61. The molecule has 68 valence electrons. The fourth-order valence-corrected chi connectivity index (χ4v) is 0.955. The Bertz CT molecular complexity index is 76.5. The molecule has 0 fully saturated rings. The molecule has 0 aromatic carbocycles. The fraction of sp³-hybridized carbons (Fsp3) is 1.00. The van der Waals surface area contributed by atoms with Crippen LogP contribution in [0.5, 0.6) is 0 Å². The molecule has 0 aromatic rings. The summed E-state index contributed by atoms with van der Waals surface area (Å²) < 4.78 is 11.8. The predicted molar refractivity (Wildman–Crippen MR) is 41.9 cm³/mol. The maximum atomic E-state index is 11.8. The summed E-state index contributed by atoms with van der Waals surface area (Å²) in [7, 11) is 0. The standard InChI is InChI=1S/C8H17FO2/c9-8(11)6-4-2-1-3-5-7-10/h8,10-11H,1-7H2. The molecule has 0 saturated heterocycles. The van der Waals surface area contributed by atoms with Crippen LogP contribution < -0.4 is 0 Å². The first-order valence-electron chi connectivity index (χ1n) is 4.20. The second-order valence-corrected chi connectivity index (χ2v) is 2.71. The molecule has 0 rings (SSSR count). The van der Waals surface area contributed by atoms with Gasteiger partial charge < -0.3 is 10.2 Å². The van der Waals surface area contributed by atoms with Crippen molar-refractivity contribution in [2.24, 2.45) is 0 Å². The molecule has 1 atom stereocenters. The third-order valence-electron chi connectivity index (χ3n) is 1.60. The van der Waals surface area contributed by atoms with E-state index in [0.717, 1.165) is 32.1 Å². The molecule has 0 heterocycles. The van der Waals surface area contributed by atoms with E-state index in [9.17, 15) is 4.39 Å². The largest absolute Gasteiger partial charge is 0.396 e. The lowest BCUT2D eigenvalue weighted by Gasteiger charge is -2.00. The number of hydrogen-bond donors (Lipinski definition) is 2. The molecule has 11 heavy (non-hydrogen) atoms. The van der Waals surface area contributed by atoms with Gasteiger partial charge in [0.15, 0.2) is 6.36 Å². The Morgan fingerprint density at radius 2 is 1.55 bits per heavy atom. The summed E-state index contributed by atoms with van der Waals surface area (Å²) in [6, 6.07) is 0. The van der Waals surface area contributed by atoms with Crippen molar-refractivity contribution in [2.45, 2.75) is 44.9 Å². The van der Waals surface area contributed by atoms with Gasteiger partial charge >= 0.3 is 0 Å². The van der Waals surface area contributed by atoms with Gasteiger partial charge in [-0.15, -0.1) is 0 Å². The highest BCUT2D eigenvalue weighted by Crippen LogP contribution is 2.07.